The lowest BCUT2D eigenvalue weighted by Gasteiger charge is -2.15. The number of nitrogens with zero attached hydrogens (tertiary/aromatic N) is 3. The van der Waals surface area contributed by atoms with Gasteiger partial charge in [-0.1, -0.05) is 0 Å². The molecule has 0 aliphatic carbocycles. The van der Waals surface area contributed by atoms with Crippen molar-refractivity contribution in [2.24, 2.45) is 0 Å². The molecular weight excluding hydrogens is 246 g/mol. The Labute approximate surface area is 91.4 Å². The maximum absolute atomic E-state index is 5.28. The highest BCUT2D eigenvalue weighted by Crippen LogP contribution is 2.18. The van der Waals surface area contributed by atoms with Crippen LogP contribution in [0.2, 0.25) is 0 Å². The molecule has 0 unspecified atom stereocenters. The molecule has 1 aromatic rings. The Morgan fingerprint density at radius 2 is 2.21 bits per heavy atom. The van der Waals surface area contributed by atoms with Crippen LogP contribution in [0.15, 0.2) is 16.9 Å². The first-order valence-electron chi connectivity index (χ1n) is 4.55. The summed E-state index contributed by atoms with van der Waals surface area (Å²) in [6.07, 6.45) is 4.91. The average molecular weight is 258 g/mol. The van der Waals surface area contributed by atoms with Crippen LogP contribution in [-0.4, -0.2) is 36.3 Å². The Morgan fingerprint density at radius 1 is 1.50 bits per heavy atom. The third-order valence-electron chi connectivity index (χ3n) is 2.37. The van der Waals surface area contributed by atoms with E-state index in [1.54, 1.807) is 19.5 Å². The van der Waals surface area contributed by atoms with E-state index in [1.807, 2.05) is 0 Å². The predicted octanol–water partition coefficient (Wildman–Crippen LogP) is 1.46. The largest absolute Gasteiger partial charge is 0.380 e. The Bertz CT molecular complexity index is 303. The molecule has 0 aromatic carbocycles. The van der Waals surface area contributed by atoms with Gasteiger partial charge in [0.05, 0.1) is 10.6 Å². The van der Waals surface area contributed by atoms with Gasteiger partial charge in [0.25, 0.3) is 0 Å². The summed E-state index contributed by atoms with van der Waals surface area (Å²) in [5, 5.41) is 0. The maximum atomic E-state index is 5.28. The molecule has 0 N–H and O–H groups in total. The number of anilines is 1. The SMILES string of the molecule is CO[C@@H]1CCN(c2ncc(Br)cn2)C1. The molecule has 1 aliphatic rings. The van der Waals surface area contributed by atoms with Gasteiger partial charge in [0.1, 0.15) is 0 Å². The normalized spacial score (nSPS) is 21.6. The van der Waals surface area contributed by atoms with E-state index >= 15 is 0 Å². The number of halogens is 1. The van der Waals surface area contributed by atoms with Gasteiger partial charge in [-0.2, -0.15) is 0 Å². The summed E-state index contributed by atoms with van der Waals surface area (Å²) in [6.45, 7) is 1.86. The predicted molar refractivity (Wildman–Crippen MR) is 57.4 cm³/mol. The molecular formula is C9H12BrN3O. The fraction of sp³-hybridized carbons (Fsp3) is 0.556. The zero-order valence-corrected chi connectivity index (χ0v) is 9.57. The second-order valence-corrected chi connectivity index (χ2v) is 4.21. The second kappa shape index (κ2) is 4.23. The summed E-state index contributed by atoms with van der Waals surface area (Å²) in [4.78, 5) is 10.6. The number of hydrogen-bond donors (Lipinski definition) is 0. The second-order valence-electron chi connectivity index (χ2n) is 3.29. The van der Waals surface area contributed by atoms with Crippen molar-refractivity contribution in [3.8, 4) is 0 Å². The third kappa shape index (κ3) is 2.04. The highest BCUT2D eigenvalue weighted by molar-refractivity contribution is 9.10. The Balaban J connectivity index is 2.06. The van der Waals surface area contributed by atoms with E-state index in [0.29, 0.717) is 6.10 Å². The topological polar surface area (TPSA) is 38.2 Å². The van der Waals surface area contributed by atoms with E-state index in [9.17, 15) is 0 Å². The number of methoxy groups -OCH3 is 1. The van der Waals surface area contributed by atoms with Crippen LogP contribution < -0.4 is 4.90 Å². The Hall–Kier alpha value is -0.680. The molecule has 0 radical (unpaired) electrons. The fourth-order valence-electron chi connectivity index (χ4n) is 1.57. The van der Waals surface area contributed by atoms with E-state index in [1.165, 1.54) is 0 Å². The van der Waals surface area contributed by atoms with Gasteiger partial charge < -0.3 is 9.64 Å². The average Bonchev–Trinajstić information content (AvgIpc) is 2.67. The Kier molecular flexibility index (Phi) is 2.98. The van der Waals surface area contributed by atoms with E-state index in [0.717, 1.165) is 29.9 Å². The first kappa shape index (κ1) is 9.86. The summed E-state index contributed by atoms with van der Waals surface area (Å²) < 4.78 is 6.19. The van der Waals surface area contributed by atoms with Gasteiger partial charge in [0.15, 0.2) is 0 Å². The lowest BCUT2D eigenvalue weighted by molar-refractivity contribution is 0.121. The number of aromatic nitrogens is 2. The van der Waals surface area contributed by atoms with Crippen molar-refractivity contribution >= 4 is 21.9 Å². The van der Waals surface area contributed by atoms with Crippen LogP contribution in [0.1, 0.15) is 6.42 Å². The lowest BCUT2D eigenvalue weighted by atomic mass is 10.3. The molecule has 2 rings (SSSR count). The molecule has 1 aromatic heterocycles. The van der Waals surface area contributed by atoms with Crippen LogP contribution in [-0.2, 0) is 4.74 Å². The summed E-state index contributed by atoms with van der Waals surface area (Å²) >= 11 is 3.31. The molecule has 0 amide bonds. The molecule has 1 atom stereocenters. The van der Waals surface area contributed by atoms with Gasteiger partial charge in [-0.15, -0.1) is 0 Å². The molecule has 1 saturated heterocycles. The lowest BCUT2D eigenvalue weighted by Crippen LogP contribution is -2.23. The zero-order chi connectivity index (χ0) is 9.97. The molecule has 0 bridgehead atoms. The van der Waals surface area contributed by atoms with Gasteiger partial charge in [-0.3, -0.25) is 0 Å². The van der Waals surface area contributed by atoms with Crippen molar-refractivity contribution in [1.29, 1.82) is 0 Å². The monoisotopic (exact) mass is 257 g/mol. The van der Waals surface area contributed by atoms with Gasteiger partial charge >= 0.3 is 0 Å². The molecule has 1 aliphatic heterocycles. The summed E-state index contributed by atoms with van der Waals surface area (Å²) in [5.41, 5.74) is 0. The van der Waals surface area contributed by atoms with Crippen LogP contribution >= 0.6 is 15.9 Å². The molecule has 4 nitrogen and oxygen atoms in total. The fourth-order valence-corrected chi connectivity index (χ4v) is 1.78. The van der Waals surface area contributed by atoms with E-state index in [-0.39, 0.29) is 0 Å². The molecule has 5 heteroatoms. The van der Waals surface area contributed by atoms with Gasteiger partial charge in [-0.25, -0.2) is 9.97 Å². The van der Waals surface area contributed by atoms with Crippen molar-refractivity contribution < 1.29 is 4.74 Å². The minimum absolute atomic E-state index is 0.322. The number of hydrogen-bond acceptors (Lipinski definition) is 4. The molecule has 2 heterocycles. The molecule has 14 heavy (non-hydrogen) atoms. The molecule has 1 fully saturated rings. The van der Waals surface area contributed by atoms with Gasteiger partial charge in [0.2, 0.25) is 5.95 Å². The van der Waals surface area contributed by atoms with Crippen LogP contribution in [0.4, 0.5) is 5.95 Å². The van der Waals surface area contributed by atoms with Crippen LogP contribution in [0.5, 0.6) is 0 Å². The van der Waals surface area contributed by atoms with E-state index in [4.69, 9.17) is 4.74 Å². The Morgan fingerprint density at radius 3 is 2.79 bits per heavy atom. The van der Waals surface area contributed by atoms with Crippen molar-refractivity contribution in [2.45, 2.75) is 12.5 Å². The highest BCUT2D eigenvalue weighted by atomic mass is 79.9. The highest BCUT2D eigenvalue weighted by Gasteiger charge is 2.23. The number of ether oxygens (including phenoxy) is 1. The van der Waals surface area contributed by atoms with Crippen molar-refractivity contribution in [2.75, 3.05) is 25.1 Å². The number of rotatable bonds is 2. The maximum Gasteiger partial charge on any atom is 0.225 e. The van der Waals surface area contributed by atoms with Crippen LogP contribution in [0.25, 0.3) is 0 Å². The van der Waals surface area contributed by atoms with Crippen molar-refractivity contribution in [3.05, 3.63) is 16.9 Å². The minimum Gasteiger partial charge on any atom is -0.380 e. The standard InChI is InChI=1S/C9H12BrN3O/c1-14-8-2-3-13(6-8)9-11-4-7(10)5-12-9/h4-5,8H,2-3,6H2,1H3/t8-/m1/s1. The van der Waals surface area contributed by atoms with Gasteiger partial charge in [0, 0.05) is 32.6 Å². The van der Waals surface area contributed by atoms with Crippen LogP contribution in [0.3, 0.4) is 0 Å². The summed E-state index contributed by atoms with van der Waals surface area (Å²) in [6, 6.07) is 0. The molecule has 76 valence electrons. The first-order valence-corrected chi connectivity index (χ1v) is 5.34. The van der Waals surface area contributed by atoms with Crippen molar-refractivity contribution in [1.82, 2.24) is 9.97 Å². The first-order chi connectivity index (χ1) is 6.79. The smallest absolute Gasteiger partial charge is 0.225 e. The zero-order valence-electron chi connectivity index (χ0n) is 7.98. The summed E-state index contributed by atoms with van der Waals surface area (Å²) in [7, 11) is 1.75. The van der Waals surface area contributed by atoms with Crippen LogP contribution in [0, 0.1) is 0 Å². The third-order valence-corrected chi connectivity index (χ3v) is 2.78. The van der Waals surface area contributed by atoms with E-state index < -0.39 is 0 Å². The van der Waals surface area contributed by atoms with Gasteiger partial charge in [-0.05, 0) is 22.4 Å². The quantitative estimate of drug-likeness (QED) is 0.805. The minimum atomic E-state index is 0.322. The molecule has 0 spiro atoms. The van der Waals surface area contributed by atoms with E-state index in [2.05, 4.69) is 30.8 Å². The summed E-state index contributed by atoms with van der Waals surface area (Å²) in [5.74, 6) is 0.785. The van der Waals surface area contributed by atoms with Crippen molar-refractivity contribution in [3.63, 3.8) is 0 Å². The molecule has 0 saturated carbocycles.